The van der Waals surface area contributed by atoms with Crippen molar-refractivity contribution in [3.63, 3.8) is 0 Å². The van der Waals surface area contributed by atoms with Crippen molar-refractivity contribution in [2.45, 2.75) is 58.0 Å². The topological polar surface area (TPSA) is 72.6 Å². The molecule has 0 atom stereocenters. The van der Waals surface area contributed by atoms with Gasteiger partial charge in [-0.15, -0.1) is 0 Å². The molecule has 0 saturated heterocycles. The fourth-order valence-corrected chi connectivity index (χ4v) is 2.74. The Labute approximate surface area is 124 Å². The van der Waals surface area contributed by atoms with E-state index < -0.39 is 5.97 Å². The minimum absolute atomic E-state index is 0.0970. The highest BCUT2D eigenvalue weighted by Crippen LogP contribution is 2.24. The van der Waals surface area contributed by atoms with Gasteiger partial charge >= 0.3 is 5.97 Å². The zero-order valence-electron chi connectivity index (χ0n) is 12.6. The smallest absolute Gasteiger partial charge is 0.360 e. The first-order chi connectivity index (χ1) is 10.2. The number of aromatic nitrogens is 1. The monoisotopic (exact) mass is 294 g/mol. The van der Waals surface area contributed by atoms with E-state index in [1.807, 2.05) is 11.8 Å². The van der Waals surface area contributed by atoms with Crippen LogP contribution < -0.4 is 0 Å². The zero-order valence-corrected chi connectivity index (χ0v) is 12.6. The lowest BCUT2D eigenvalue weighted by atomic mass is 9.94. The summed E-state index contributed by atoms with van der Waals surface area (Å²) in [7, 11) is 1.30. The highest BCUT2D eigenvalue weighted by molar-refractivity contribution is 5.86. The largest absolute Gasteiger partial charge is 0.464 e. The van der Waals surface area contributed by atoms with Gasteiger partial charge in [-0.1, -0.05) is 26.2 Å². The molecule has 0 radical (unpaired) electrons. The van der Waals surface area contributed by atoms with Crippen LogP contribution in [0, 0.1) is 0 Å². The summed E-state index contributed by atoms with van der Waals surface area (Å²) >= 11 is 0. The number of rotatable bonds is 5. The fourth-order valence-electron chi connectivity index (χ4n) is 2.74. The molecule has 0 N–H and O–H groups in total. The van der Waals surface area contributed by atoms with Crippen molar-refractivity contribution in [2.24, 2.45) is 0 Å². The number of oxazole rings is 1. The molecule has 0 spiro atoms. The summed E-state index contributed by atoms with van der Waals surface area (Å²) in [5, 5.41) is 0. The maximum atomic E-state index is 12.2. The van der Waals surface area contributed by atoms with Crippen molar-refractivity contribution >= 4 is 11.9 Å². The fraction of sp³-hybridized carbons (Fsp3) is 0.667. The molecule has 1 fully saturated rings. The predicted molar refractivity (Wildman–Crippen MR) is 75.6 cm³/mol. The van der Waals surface area contributed by atoms with Crippen LogP contribution in [0.25, 0.3) is 0 Å². The van der Waals surface area contributed by atoms with Crippen molar-refractivity contribution < 1.29 is 18.7 Å². The first-order valence-electron chi connectivity index (χ1n) is 7.48. The van der Waals surface area contributed by atoms with Crippen LogP contribution in [-0.4, -0.2) is 34.9 Å². The first-order valence-corrected chi connectivity index (χ1v) is 7.48. The van der Waals surface area contributed by atoms with E-state index >= 15 is 0 Å². The summed E-state index contributed by atoms with van der Waals surface area (Å²) in [4.78, 5) is 29.5. The summed E-state index contributed by atoms with van der Waals surface area (Å²) in [6, 6.07) is 0.250. The number of ether oxygens (including phenoxy) is 1. The molecule has 2 rings (SSSR count). The molecule has 1 aromatic heterocycles. The normalized spacial score (nSPS) is 15.7. The molecule has 1 aliphatic carbocycles. The van der Waals surface area contributed by atoms with Crippen LogP contribution in [0.3, 0.4) is 0 Å². The zero-order chi connectivity index (χ0) is 15.2. The van der Waals surface area contributed by atoms with E-state index in [0.717, 1.165) is 25.7 Å². The summed E-state index contributed by atoms with van der Waals surface area (Å²) < 4.78 is 9.90. The van der Waals surface area contributed by atoms with E-state index in [1.165, 1.54) is 19.8 Å². The van der Waals surface area contributed by atoms with Gasteiger partial charge in [0.1, 0.15) is 6.26 Å². The lowest BCUT2D eigenvalue weighted by Gasteiger charge is -2.33. The third-order valence-electron chi connectivity index (χ3n) is 3.89. The van der Waals surface area contributed by atoms with E-state index in [9.17, 15) is 9.59 Å². The maximum Gasteiger partial charge on any atom is 0.360 e. The summed E-state index contributed by atoms with van der Waals surface area (Å²) in [5.41, 5.74) is 0.139. The molecular formula is C15H22N2O4. The second kappa shape index (κ2) is 7.24. The Hall–Kier alpha value is -1.85. The van der Waals surface area contributed by atoms with Crippen molar-refractivity contribution in [1.29, 1.82) is 0 Å². The number of esters is 1. The van der Waals surface area contributed by atoms with Gasteiger partial charge in [0, 0.05) is 12.5 Å². The maximum absolute atomic E-state index is 12.2. The van der Waals surface area contributed by atoms with Gasteiger partial charge in [-0.05, 0) is 12.8 Å². The second-order valence-corrected chi connectivity index (χ2v) is 5.29. The van der Waals surface area contributed by atoms with Gasteiger partial charge in [-0.2, -0.15) is 0 Å². The average molecular weight is 294 g/mol. The Morgan fingerprint density at radius 1 is 1.38 bits per heavy atom. The van der Waals surface area contributed by atoms with E-state index in [4.69, 9.17) is 4.42 Å². The third kappa shape index (κ3) is 3.83. The molecule has 1 heterocycles. The van der Waals surface area contributed by atoms with Gasteiger partial charge in [0.05, 0.1) is 13.7 Å². The molecule has 6 nitrogen and oxygen atoms in total. The van der Waals surface area contributed by atoms with Crippen LogP contribution in [0.5, 0.6) is 0 Å². The number of nitrogens with zero attached hydrogens (tertiary/aromatic N) is 2. The van der Waals surface area contributed by atoms with Crippen LogP contribution in [0.1, 0.15) is 61.8 Å². The molecule has 1 saturated carbocycles. The van der Waals surface area contributed by atoms with Gasteiger partial charge in [0.15, 0.2) is 5.69 Å². The highest BCUT2D eigenvalue weighted by atomic mass is 16.5. The molecule has 1 aromatic rings. The molecule has 0 unspecified atom stereocenters. The van der Waals surface area contributed by atoms with E-state index in [2.05, 4.69) is 9.72 Å². The van der Waals surface area contributed by atoms with E-state index in [1.54, 1.807) is 0 Å². The van der Waals surface area contributed by atoms with Crippen molar-refractivity contribution in [3.8, 4) is 0 Å². The van der Waals surface area contributed by atoms with Crippen LogP contribution in [0.15, 0.2) is 10.7 Å². The molecule has 21 heavy (non-hydrogen) atoms. The Kier molecular flexibility index (Phi) is 5.36. The Bertz CT molecular complexity index is 492. The number of carbonyl (C=O) groups is 2. The molecule has 0 aromatic carbocycles. The lowest BCUT2D eigenvalue weighted by molar-refractivity contribution is -0.135. The van der Waals surface area contributed by atoms with Gasteiger partial charge in [-0.25, -0.2) is 9.78 Å². The van der Waals surface area contributed by atoms with Crippen LogP contribution >= 0.6 is 0 Å². The lowest BCUT2D eigenvalue weighted by Crippen LogP contribution is -2.40. The van der Waals surface area contributed by atoms with Gasteiger partial charge < -0.3 is 14.1 Å². The molecule has 1 amide bonds. The van der Waals surface area contributed by atoms with Crippen LogP contribution in [-0.2, 0) is 16.1 Å². The van der Waals surface area contributed by atoms with E-state index in [-0.39, 0.29) is 17.6 Å². The Morgan fingerprint density at radius 2 is 2.10 bits per heavy atom. The van der Waals surface area contributed by atoms with Gasteiger partial charge in [0.2, 0.25) is 11.8 Å². The van der Waals surface area contributed by atoms with Crippen LogP contribution in [0.2, 0.25) is 0 Å². The Balaban J connectivity index is 2.09. The quantitative estimate of drug-likeness (QED) is 0.780. The summed E-state index contributed by atoms with van der Waals surface area (Å²) in [6.45, 7) is 2.17. The van der Waals surface area contributed by atoms with Crippen LogP contribution in [0.4, 0.5) is 0 Å². The molecule has 0 bridgehead atoms. The summed E-state index contributed by atoms with van der Waals surface area (Å²) in [6.07, 6.45) is 7.31. The standard InChI is InChI=1S/C15H22N2O4/c1-3-14(18)17(11-7-5-4-6-8-11)9-13-16-12(10-21-13)15(19)20-2/h10-11H,3-9H2,1-2H3. The minimum Gasteiger partial charge on any atom is -0.464 e. The first kappa shape index (κ1) is 15.5. The molecule has 1 aliphatic rings. The minimum atomic E-state index is -0.531. The van der Waals surface area contributed by atoms with Gasteiger partial charge in [-0.3, -0.25) is 4.79 Å². The SMILES string of the molecule is CCC(=O)N(Cc1nc(C(=O)OC)co1)C1CCCCC1. The Morgan fingerprint density at radius 3 is 2.71 bits per heavy atom. The van der Waals surface area contributed by atoms with Gasteiger partial charge in [0.25, 0.3) is 0 Å². The predicted octanol–water partition coefficient (Wildman–Crippen LogP) is 2.53. The third-order valence-corrected chi connectivity index (χ3v) is 3.89. The van der Waals surface area contributed by atoms with E-state index in [0.29, 0.717) is 18.9 Å². The number of amides is 1. The van der Waals surface area contributed by atoms with Crippen molar-refractivity contribution in [1.82, 2.24) is 9.88 Å². The number of methoxy groups -OCH3 is 1. The van der Waals surface area contributed by atoms with Crippen molar-refractivity contribution in [2.75, 3.05) is 7.11 Å². The highest BCUT2D eigenvalue weighted by Gasteiger charge is 2.26. The number of carbonyl (C=O) groups excluding carboxylic acids is 2. The molecular weight excluding hydrogens is 272 g/mol. The summed E-state index contributed by atoms with van der Waals surface area (Å²) in [5.74, 6) is -0.0569. The number of hydrogen-bond acceptors (Lipinski definition) is 5. The number of hydrogen-bond donors (Lipinski definition) is 0. The average Bonchev–Trinajstić information content (AvgIpc) is 3.00. The molecule has 0 aliphatic heterocycles. The van der Waals surface area contributed by atoms with Crippen molar-refractivity contribution in [3.05, 3.63) is 17.8 Å². The second-order valence-electron chi connectivity index (χ2n) is 5.29. The molecule has 6 heteroatoms. The molecule has 116 valence electrons.